The first kappa shape index (κ1) is 17.4. The van der Waals surface area contributed by atoms with Crippen molar-refractivity contribution in [3.8, 4) is 0 Å². The molecule has 0 aromatic heterocycles. The summed E-state index contributed by atoms with van der Waals surface area (Å²) in [7, 11) is 1.67. The number of ether oxygens (including phenoxy) is 2. The van der Waals surface area contributed by atoms with Crippen LogP contribution in [0.15, 0.2) is 24.3 Å². The van der Waals surface area contributed by atoms with Gasteiger partial charge >= 0.3 is 0 Å². The predicted octanol–water partition coefficient (Wildman–Crippen LogP) is 2.23. The highest BCUT2D eigenvalue weighted by Gasteiger charge is 2.16. The minimum absolute atomic E-state index is 0.238. The van der Waals surface area contributed by atoms with E-state index in [1.807, 2.05) is 38.1 Å². The Kier molecular flexibility index (Phi) is 7.48. The van der Waals surface area contributed by atoms with Gasteiger partial charge in [0.15, 0.2) is 0 Å². The zero-order chi connectivity index (χ0) is 15.0. The van der Waals surface area contributed by atoms with E-state index in [9.17, 15) is 5.11 Å². The Balaban J connectivity index is 2.18. The van der Waals surface area contributed by atoms with Gasteiger partial charge < -0.3 is 19.9 Å². The fourth-order valence-electron chi connectivity index (χ4n) is 1.59. The molecule has 0 aliphatic carbocycles. The second-order valence-electron chi connectivity index (χ2n) is 5.36. The van der Waals surface area contributed by atoms with Crippen LogP contribution in [-0.4, -0.2) is 43.6 Å². The highest BCUT2D eigenvalue weighted by Crippen LogP contribution is 2.15. The number of benzene rings is 1. The van der Waals surface area contributed by atoms with E-state index in [2.05, 4.69) is 5.32 Å². The Morgan fingerprint density at radius 1 is 1.35 bits per heavy atom. The normalized spacial score (nSPS) is 13.4. The van der Waals surface area contributed by atoms with Crippen molar-refractivity contribution in [1.82, 2.24) is 5.32 Å². The summed E-state index contributed by atoms with van der Waals surface area (Å²) in [4.78, 5) is 0. The lowest BCUT2D eigenvalue weighted by Crippen LogP contribution is -2.40. The van der Waals surface area contributed by atoms with Crippen LogP contribution in [0.4, 0.5) is 0 Å². The maximum absolute atomic E-state index is 9.80. The summed E-state index contributed by atoms with van der Waals surface area (Å²) in [6.45, 7) is 5.78. The van der Waals surface area contributed by atoms with Gasteiger partial charge in [0.05, 0.1) is 24.9 Å². The molecule has 0 saturated heterocycles. The van der Waals surface area contributed by atoms with E-state index in [0.717, 1.165) is 5.56 Å². The second-order valence-corrected chi connectivity index (χ2v) is 5.76. The van der Waals surface area contributed by atoms with E-state index in [0.29, 0.717) is 24.7 Å². The van der Waals surface area contributed by atoms with Gasteiger partial charge in [-0.3, -0.25) is 0 Å². The molecule has 0 aliphatic heterocycles. The van der Waals surface area contributed by atoms with Gasteiger partial charge in [-0.05, 0) is 25.5 Å². The molecule has 0 bridgehead atoms. The molecule has 0 saturated carbocycles. The van der Waals surface area contributed by atoms with Crippen molar-refractivity contribution < 1.29 is 14.6 Å². The number of hydrogen-bond acceptors (Lipinski definition) is 4. The minimum atomic E-state index is -0.551. The molecule has 20 heavy (non-hydrogen) atoms. The average Bonchev–Trinajstić information content (AvgIpc) is 2.41. The molecule has 0 radical (unpaired) electrons. The quantitative estimate of drug-likeness (QED) is 0.734. The topological polar surface area (TPSA) is 50.7 Å². The molecule has 1 aromatic carbocycles. The number of aliphatic hydroxyl groups excluding tert-OH is 1. The standard InChI is InChI=1S/C15H24ClNO3/c1-15(2,19-3)11-17-8-13(18)10-20-9-12-6-4-5-7-14(12)16/h4-7,13,17-18H,8-11H2,1-3H3. The monoisotopic (exact) mass is 301 g/mol. The van der Waals surface area contributed by atoms with Gasteiger partial charge in [-0.2, -0.15) is 0 Å². The summed E-state index contributed by atoms with van der Waals surface area (Å²) < 4.78 is 10.7. The van der Waals surface area contributed by atoms with Crippen LogP contribution in [0.2, 0.25) is 5.02 Å². The van der Waals surface area contributed by atoms with Crippen LogP contribution in [0.5, 0.6) is 0 Å². The van der Waals surface area contributed by atoms with E-state index >= 15 is 0 Å². The Bertz CT molecular complexity index is 398. The molecule has 0 heterocycles. The van der Waals surface area contributed by atoms with E-state index in [1.54, 1.807) is 7.11 Å². The summed E-state index contributed by atoms with van der Waals surface area (Å²) in [5.41, 5.74) is 0.688. The second kappa shape index (κ2) is 8.60. The van der Waals surface area contributed by atoms with Crippen molar-refractivity contribution in [2.24, 2.45) is 0 Å². The van der Waals surface area contributed by atoms with Crippen molar-refractivity contribution in [2.45, 2.75) is 32.2 Å². The summed E-state index contributed by atoms with van der Waals surface area (Å²) in [5, 5.41) is 13.6. The minimum Gasteiger partial charge on any atom is -0.389 e. The first-order chi connectivity index (χ1) is 9.44. The summed E-state index contributed by atoms with van der Waals surface area (Å²) in [6.07, 6.45) is -0.551. The van der Waals surface area contributed by atoms with Crippen LogP contribution in [0.25, 0.3) is 0 Å². The molecule has 1 atom stereocenters. The van der Waals surface area contributed by atoms with Gasteiger partial charge in [0.1, 0.15) is 0 Å². The van der Waals surface area contributed by atoms with Crippen molar-refractivity contribution in [3.63, 3.8) is 0 Å². The molecule has 0 amide bonds. The Morgan fingerprint density at radius 3 is 2.70 bits per heavy atom. The molecule has 2 N–H and O–H groups in total. The SMILES string of the molecule is COC(C)(C)CNCC(O)COCc1ccccc1Cl. The maximum atomic E-state index is 9.80. The number of hydrogen-bond donors (Lipinski definition) is 2. The molecule has 1 unspecified atom stereocenters. The van der Waals surface area contributed by atoms with E-state index in [4.69, 9.17) is 21.1 Å². The molecular weight excluding hydrogens is 278 g/mol. The number of halogens is 1. The maximum Gasteiger partial charge on any atom is 0.0897 e. The molecule has 1 rings (SSSR count). The van der Waals surface area contributed by atoms with E-state index < -0.39 is 6.10 Å². The lowest BCUT2D eigenvalue weighted by molar-refractivity contribution is 0.00931. The zero-order valence-electron chi connectivity index (χ0n) is 12.4. The molecule has 0 fully saturated rings. The lowest BCUT2D eigenvalue weighted by atomic mass is 10.1. The van der Waals surface area contributed by atoms with Gasteiger partial charge in [-0.25, -0.2) is 0 Å². The van der Waals surface area contributed by atoms with E-state index in [1.165, 1.54) is 0 Å². The molecule has 0 aliphatic rings. The number of rotatable bonds is 9. The van der Waals surface area contributed by atoms with Gasteiger partial charge in [-0.1, -0.05) is 29.8 Å². The first-order valence-corrected chi connectivity index (χ1v) is 7.07. The summed E-state index contributed by atoms with van der Waals surface area (Å²) >= 11 is 6.02. The predicted molar refractivity (Wildman–Crippen MR) is 81.1 cm³/mol. The van der Waals surface area contributed by atoms with E-state index in [-0.39, 0.29) is 12.2 Å². The third-order valence-electron chi connectivity index (χ3n) is 3.01. The van der Waals surface area contributed by atoms with Crippen LogP contribution < -0.4 is 5.32 Å². The zero-order valence-corrected chi connectivity index (χ0v) is 13.1. The van der Waals surface area contributed by atoms with Crippen LogP contribution in [0.1, 0.15) is 19.4 Å². The van der Waals surface area contributed by atoms with Crippen LogP contribution >= 0.6 is 11.6 Å². The van der Waals surface area contributed by atoms with Gasteiger partial charge in [-0.15, -0.1) is 0 Å². The molecular formula is C15H24ClNO3. The molecule has 114 valence electrons. The van der Waals surface area contributed by atoms with Gasteiger partial charge in [0, 0.05) is 25.2 Å². The Morgan fingerprint density at radius 2 is 2.05 bits per heavy atom. The highest BCUT2D eigenvalue weighted by molar-refractivity contribution is 6.31. The fraction of sp³-hybridized carbons (Fsp3) is 0.600. The molecule has 1 aromatic rings. The summed E-state index contributed by atoms with van der Waals surface area (Å²) in [5.74, 6) is 0. The molecule has 5 heteroatoms. The molecule has 4 nitrogen and oxygen atoms in total. The van der Waals surface area contributed by atoms with Crippen molar-refractivity contribution in [3.05, 3.63) is 34.9 Å². The van der Waals surface area contributed by atoms with Crippen molar-refractivity contribution >= 4 is 11.6 Å². The Hall–Kier alpha value is -0.650. The Labute approximate surface area is 126 Å². The van der Waals surface area contributed by atoms with Crippen LogP contribution in [0.3, 0.4) is 0 Å². The van der Waals surface area contributed by atoms with Crippen LogP contribution in [-0.2, 0) is 16.1 Å². The smallest absolute Gasteiger partial charge is 0.0897 e. The van der Waals surface area contributed by atoms with Gasteiger partial charge in [0.25, 0.3) is 0 Å². The van der Waals surface area contributed by atoms with Gasteiger partial charge in [0.2, 0.25) is 0 Å². The summed E-state index contributed by atoms with van der Waals surface area (Å²) in [6, 6.07) is 7.52. The fourth-order valence-corrected chi connectivity index (χ4v) is 1.78. The highest BCUT2D eigenvalue weighted by atomic mass is 35.5. The lowest BCUT2D eigenvalue weighted by Gasteiger charge is -2.24. The third kappa shape index (κ3) is 6.68. The third-order valence-corrected chi connectivity index (χ3v) is 3.38. The molecule has 0 spiro atoms. The first-order valence-electron chi connectivity index (χ1n) is 6.69. The number of methoxy groups -OCH3 is 1. The van der Waals surface area contributed by atoms with Crippen molar-refractivity contribution in [1.29, 1.82) is 0 Å². The van der Waals surface area contributed by atoms with Crippen molar-refractivity contribution in [2.75, 3.05) is 26.8 Å². The number of aliphatic hydroxyl groups is 1. The largest absolute Gasteiger partial charge is 0.389 e. The number of nitrogens with one attached hydrogen (secondary N) is 1. The average molecular weight is 302 g/mol. The van der Waals surface area contributed by atoms with Crippen LogP contribution in [0, 0.1) is 0 Å².